The van der Waals surface area contributed by atoms with Gasteiger partial charge in [0.1, 0.15) is 0 Å². The van der Waals surface area contributed by atoms with E-state index in [4.69, 9.17) is 14.2 Å². The third-order valence-corrected chi connectivity index (χ3v) is 4.10. The van der Waals surface area contributed by atoms with E-state index in [9.17, 15) is 4.79 Å². The van der Waals surface area contributed by atoms with Crippen molar-refractivity contribution in [2.24, 2.45) is 0 Å². The zero-order valence-corrected chi connectivity index (χ0v) is 14.3. The Morgan fingerprint density at radius 1 is 1.43 bits per heavy atom. The van der Waals surface area contributed by atoms with Crippen molar-refractivity contribution in [2.75, 3.05) is 7.11 Å². The van der Waals surface area contributed by atoms with Crippen LogP contribution in [0.3, 0.4) is 0 Å². The van der Waals surface area contributed by atoms with E-state index >= 15 is 0 Å². The summed E-state index contributed by atoms with van der Waals surface area (Å²) < 4.78 is 17.5. The molecule has 0 aromatic heterocycles. The normalized spacial score (nSPS) is 17.1. The average molecular weight is 405 g/mol. The third kappa shape index (κ3) is 5.12. The molecule has 1 aliphatic rings. The molecule has 1 saturated carbocycles. The smallest absolute Gasteiger partial charge is 0.409 e. The number of carbonyl (C=O) groups is 1. The van der Waals surface area contributed by atoms with Crippen molar-refractivity contribution >= 4 is 28.7 Å². The highest BCUT2D eigenvalue weighted by molar-refractivity contribution is 14.1. The van der Waals surface area contributed by atoms with Gasteiger partial charge in [-0.3, -0.25) is 0 Å². The molecular formula is C15H20INO4. The van der Waals surface area contributed by atoms with Crippen LogP contribution in [-0.4, -0.2) is 25.5 Å². The molecule has 2 rings (SSSR count). The summed E-state index contributed by atoms with van der Waals surface area (Å²) in [4.78, 5) is 11.7. The number of benzene rings is 1. The number of hydrogen-bond acceptors (Lipinski definition) is 4. The lowest BCUT2D eigenvalue weighted by atomic mass is 10.2. The SMILES string of the molecule is CC[C@H](OC(=O)NC1CC1)O[C@H](OC)c1ccccc1I. The van der Waals surface area contributed by atoms with E-state index in [1.54, 1.807) is 7.11 Å². The van der Waals surface area contributed by atoms with Crippen LogP contribution in [0.4, 0.5) is 4.79 Å². The molecule has 2 atom stereocenters. The highest BCUT2D eigenvalue weighted by Crippen LogP contribution is 2.26. The van der Waals surface area contributed by atoms with Gasteiger partial charge in [-0.15, -0.1) is 0 Å². The van der Waals surface area contributed by atoms with Crippen molar-refractivity contribution < 1.29 is 19.0 Å². The van der Waals surface area contributed by atoms with E-state index in [1.807, 2.05) is 31.2 Å². The van der Waals surface area contributed by atoms with Crippen LogP contribution in [0.2, 0.25) is 0 Å². The Labute approximate surface area is 138 Å². The zero-order chi connectivity index (χ0) is 15.2. The lowest BCUT2D eigenvalue weighted by Crippen LogP contribution is -2.32. The van der Waals surface area contributed by atoms with E-state index in [1.165, 1.54) is 0 Å². The first kappa shape index (κ1) is 16.5. The summed E-state index contributed by atoms with van der Waals surface area (Å²) in [5.74, 6) is 0. The van der Waals surface area contributed by atoms with Crippen molar-refractivity contribution in [1.82, 2.24) is 5.32 Å². The number of ether oxygens (including phenoxy) is 3. The van der Waals surface area contributed by atoms with Crippen LogP contribution in [0.15, 0.2) is 24.3 Å². The fourth-order valence-corrected chi connectivity index (χ4v) is 2.46. The van der Waals surface area contributed by atoms with Crippen LogP contribution in [0, 0.1) is 3.57 Å². The van der Waals surface area contributed by atoms with Gasteiger partial charge in [0.05, 0.1) is 0 Å². The lowest BCUT2D eigenvalue weighted by molar-refractivity contribution is -0.223. The molecule has 1 fully saturated rings. The van der Waals surface area contributed by atoms with Gasteiger partial charge >= 0.3 is 6.09 Å². The molecule has 0 bridgehead atoms. The summed E-state index contributed by atoms with van der Waals surface area (Å²) in [5.41, 5.74) is 0.922. The second-order valence-corrected chi connectivity index (χ2v) is 6.05. The molecule has 0 spiro atoms. The minimum Gasteiger partial charge on any atom is -0.420 e. The number of alkyl carbamates (subject to hydrolysis) is 1. The van der Waals surface area contributed by atoms with Gasteiger partial charge < -0.3 is 19.5 Å². The van der Waals surface area contributed by atoms with Crippen molar-refractivity contribution in [2.45, 2.75) is 44.8 Å². The minimum absolute atomic E-state index is 0.267. The van der Waals surface area contributed by atoms with Gasteiger partial charge in [0.25, 0.3) is 0 Å². The molecule has 0 saturated heterocycles. The van der Waals surface area contributed by atoms with Crippen LogP contribution >= 0.6 is 22.6 Å². The molecule has 1 amide bonds. The summed E-state index contributed by atoms with van der Waals surface area (Å²) >= 11 is 2.23. The highest BCUT2D eigenvalue weighted by Gasteiger charge is 2.26. The van der Waals surface area contributed by atoms with E-state index in [0.29, 0.717) is 6.42 Å². The number of rotatable bonds is 7. The molecule has 0 radical (unpaired) electrons. The largest absolute Gasteiger partial charge is 0.420 e. The van der Waals surface area contributed by atoms with Gasteiger partial charge in [0.15, 0.2) is 6.29 Å². The summed E-state index contributed by atoms with van der Waals surface area (Å²) in [6, 6.07) is 8.06. The van der Waals surface area contributed by atoms with E-state index in [0.717, 1.165) is 22.0 Å². The number of carbonyl (C=O) groups excluding carboxylic acids is 1. The van der Waals surface area contributed by atoms with Gasteiger partial charge in [-0.2, -0.15) is 0 Å². The van der Waals surface area contributed by atoms with Crippen LogP contribution in [0.1, 0.15) is 38.0 Å². The van der Waals surface area contributed by atoms with E-state index in [-0.39, 0.29) is 6.04 Å². The van der Waals surface area contributed by atoms with Crippen molar-refractivity contribution in [1.29, 1.82) is 0 Å². The Morgan fingerprint density at radius 3 is 2.71 bits per heavy atom. The standard InChI is InChI=1S/C15H20INO4/c1-3-13(21-15(18)17-10-8-9-10)20-14(19-2)11-6-4-5-7-12(11)16/h4-7,10,13-14H,3,8-9H2,1-2H3,(H,17,18)/t13-,14-/m0/s1. The maximum absolute atomic E-state index is 11.7. The summed E-state index contributed by atoms with van der Waals surface area (Å²) in [7, 11) is 1.57. The minimum atomic E-state index is -0.635. The zero-order valence-electron chi connectivity index (χ0n) is 12.2. The van der Waals surface area contributed by atoms with Gasteiger partial charge in [0, 0.05) is 28.7 Å². The van der Waals surface area contributed by atoms with Gasteiger partial charge in [-0.25, -0.2) is 4.79 Å². The number of methoxy groups -OCH3 is 1. The van der Waals surface area contributed by atoms with Crippen molar-refractivity contribution in [3.8, 4) is 0 Å². The Hall–Kier alpha value is -0.860. The quantitative estimate of drug-likeness (QED) is 0.557. The number of amides is 1. The molecule has 1 aromatic carbocycles. The maximum Gasteiger partial charge on any atom is 0.409 e. The first-order valence-electron chi connectivity index (χ1n) is 7.03. The fourth-order valence-electron chi connectivity index (χ4n) is 1.82. The number of halogens is 1. The molecule has 5 nitrogen and oxygen atoms in total. The summed E-state index contributed by atoms with van der Waals surface area (Å²) in [6.45, 7) is 1.90. The molecular weight excluding hydrogens is 385 g/mol. The Morgan fingerprint density at radius 2 is 2.14 bits per heavy atom. The second kappa shape index (κ2) is 7.95. The third-order valence-electron chi connectivity index (χ3n) is 3.12. The average Bonchev–Trinajstić information content (AvgIpc) is 3.28. The Kier molecular flexibility index (Phi) is 6.25. The van der Waals surface area contributed by atoms with Crippen molar-refractivity contribution in [3.05, 3.63) is 33.4 Å². The first-order chi connectivity index (χ1) is 10.1. The molecule has 0 unspecified atom stereocenters. The number of nitrogens with one attached hydrogen (secondary N) is 1. The Balaban J connectivity index is 1.94. The molecule has 116 valence electrons. The molecule has 1 aliphatic carbocycles. The lowest BCUT2D eigenvalue weighted by Gasteiger charge is -2.24. The van der Waals surface area contributed by atoms with Gasteiger partial charge in [-0.05, 0) is 41.5 Å². The highest BCUT2D eigenvalue weighted by atomic mass is 127. The number of hydrogen-bond donors (Lipinski definition) is 1. The summed E-state index contributed by atoms with van der Waals surface area (Å²) in [6.07, 6.45) is 0.982. The maximum atomic E-state index is 11.7. The van der Waals surface area contributed by atoms with Crippen molar-refractivity contribution in [3.63, 3.8) is 0 Å². The molecule has 1 N–H and O–H groups in total. The monoisotopic (exact) mass is 405 g/mol. The second-order valence-electron chi connectivity index (χ2n) is 4.89. The molecule has 1 aromatic rings. The van der Waals surface area contributed by atoms with E-state index in [2.05, 4.69) is 27.9 Å². The van der Waals surface area contributed by atoms with Crippen LogP contribution in [-0.2, 0) is 14.2 Å². The predicted octanol–water partition coefficient (Wildman–Crippen LogP) is 3.58. The molecule has 0 aliphatic heterocycles. The van der Waals surface area contributed by atoms with Gasteiger partial charge in [-0.1, -0.05) is 25.1 Å². The predicted molar refractivity (Wildman–Crippen MR) is 86.7 cm³/mol. The Bertz CT molecular complexity index is 478. The molecule has 0 heterocycles. The first-order valence-corrected chi connectivity index (χ1v) is 8.11. The summed E-state index contributed by atoms with van der Waals surface area (Å²) in [5, 5.41) is 2.78. The fraction of sp³-hybridized carbons (Fsp3) is 0.533. The van der Waals surface area contributed by atoms with E-state index < -0.39 is 18.7 Å². The molecule has 6 heteroatoms. The van der Waals surface area contributed by atoms with Crippen LogP contribution in [0.5, 0.6) is 0 Å². The van der Waals surface area contributed by atoms with Crippen LogP contribution in [0.25, 0.3) is 0 Å². The topological polar surface area (TPSA) is 56.8 Å². The van der Waals surface area contributed by atoms with Crippen LogP contribution < -0.4 is 5.32 Å². The molecule has 21 heavy (non-hydrogen) atoms. The van der Waals surface area contributed by atoms with Gasteiger partial charge in [0.2, 0.25) is 6.29 Å².